The molecule has 0 aliphatic rings. The van der Waals surface area contributed by atoms with E-state index in [9.17, 15) is 5.11 Å². The van der Waals surface area contributed by atoms with E-state index < -0.39 is 0 Å². The molecule has 0 saturated carbocycles. The molecule has 108 valence electrons. The van der Waals surface area contributed by atoms with E-state index in [1.54, 1.807) is 0 Å². The molecular weight excluding hydrogens is 266 g/mol. The van der Waals surface area contributed by atoms with Gasteiger partial charge >= 0.3 is 0 Å². The zero-order chi connectivity index (χ0) is 14.5. The molecule has 1 unspecified atom stereocenters. The van der Waals surface area contributed by atoms with Gasteiger partial charge in [0.25, 0.3) is 0 Å². The first kappa shape index (κ1) is 15.1. The molecule has 1 heterocycles. The Bertz CT molecular complexity index is 525. The van der Waals surface area contributed by atoms with Crippen LogP contribution < -0.4 is 5.32 Å². The second-order valence-electron chi connectivity index (χ2n) is 5.32. The van der Waals surface area contributed by atoms with Gasteiger partial charge in [-0.25, -0.2) is 0 Å². The van der Waals surface area contributed by atoms with E-state index in [2.05, 4.69) is 41.9 Å². The zero-order valence-electron chi connectivity index (χ0n) is 12.4. The number of nitrogens with one attached hydrogen (secondary N) is 1. The molecule has 0 aliphatic heterocycles. The average Bonchev–Trinajstić information content (AvgIpc) is 2.94. The fourth-order valence-electron chi connectivity index (χ4n) is 2.51. The molecule has 1 atom stereocenters. The maximum absolute atomic E-state index is 9.82. The van der Waals surface area contributed by atoms with Crippen molar-refractivity contribution in [3.8, 4) is 5.75 Å². The van der Waals surface area contributed by atoms with Crippen LogP contribution >= 0.6 is 11.3 Å². The number of hydrogen-bond donors (Lipinski definition) is 2. The second kappa shape index (κ2) is 6.91. The van der Waals surface area contributed by atoms with Gasteiger partial charge in [0, 0.05) is 17.5 Å². The van der Waals surface area contributed by atoms with Crippen LogP contribution in [0.25, 0.3) is 0 Å². The summed E-state index contributed by atoms with van der Waals surface area (Å²) in [5, 5.41) is 15.6. The van der Waals surface area contributed by atoms with Gasteiger partial charge in [0.15, 0.2) is 0 Å². The summed E-state index contributed by atoms with van der Waals surface area (Å²) in [5.41, 5.74) is 3.13. The van der Waals surface area contributed by atoms with Crippen LogP contribution in [0.3, 0.4) is 0 Å². The maximum atomic E-state index is 9.82. The third-order valence-electron chi connectivity index (χ3n) is 3.57. The lowest BCUT2D eigenvalue weighted by atomic mass is 10.0. The summed E-state index contributed by atoms with van der Waals surface area (Å²) < 4.78 is 0. The molecule has 1 aromatic carbocycles. The van der Waals surface area contributed by atoms with Crippen molar-refractivity contribution in [1.29, 1.82) is 0 Å². The Balaban J connectivity index is 2.06. The molecule has 1 aromatic heterocycles. The average molecular weight is 289 g/mol. The number of thiophene rings is 1. The predicted molar refractivity (Wildman–Crippen MR) is 86.4 cm³/mol. The fraction of sp³-hybridized carbons (Fsp3) is 0.412. The number of rotatable bonds is 6. The van der Waals surface area contributed by atoms with Crippen molar-refractivity contribution < 1.29 is 5.11 Å². The topological polar surface area (TPSA) is 32.3 Å². The van der Waals surface area contributed by atoms with Crippen LogP contribution in [0.5, 0.6) is 5.75 Å². The van der Waals surface area contributed by atoms with Crippen LogP contribution in [0, 0.1) is 13.8 Å². The maximum Gasteiger partial charge on any atom is 0.121 e. The Morgan fingerprint density at radius 2 is 1.95 bits per heavy atom. The van der Waals surface area contributed by atoms with Crippen molar-refractivity contribution in [2.45, 2.75) is 46.2 Å². The lowest BCUT2D eigenvalue weighted by Gasteiger charge is -2.17. The zero-order valence-corrected chi connectivity index (χ0v) is 13.3. The van der Waals surface area contributed by atoms with Gasteiger partial charge in [0.1, 0.15) is 5.75 Å². The summed E-state index contributed by atoms with van der Waals surface area (Å²) >= 11 is 1.81. The smallest absolute Gasteiger partial charge is 0.121 e. The number of phenols is 1. The molecule has 20 heavy (non-hydrogen) atoms. The van der Waals surface area contributed by atoms with Crippen molar-refractivity contribution >= 4 is 11.3 Å². The lowest BCUT2D eigenvalue weighted by Crippen LogP contribution is -2.20. The molecule has 0 amide bonds. The SMILES string of the molecule is CCCC(NCc1cc(C)c(O)c(C)c1)c1cccs1. The summed E-state index contributed by atoms with van der Waals surface area (Å²) in [7, 11) is 0. The van der Waals surface area contributed by atoms with Crippen molar-refractivity contribution in [3.63, 3.8) is 0 Å². The van der Waals surface area contributed by atoms with E-state index in [1.165, 1.54) is 16.9 Å². The third-order valence-corrected chi connectivity index (χ3v) is 4.55. The summed E-state index contributed by atoms with van der Waals surface area (Å²) in [6, 6.07) is 8.86. The Labute approximate surface area is 125 Å². The van der Waals surface area contributed by atoms with Crippen LogP contribution in [0.1, 0.15) is 47.4 Å². The Kier molecular flexibility index (Phi) is 5.21. The number of hydrogen-bond acceptors (Lipinski definition) is 3. The molecular formula is C17H23NOS. The first-order valence-corrected chi connectivity index (χ1v) is 8.05. The molecule has 2 N–H and O–H groups in total. The van der Waals surface area contributed by atoms with Gasteiger partial charge in [-0.15, -0.1) is 11.3 Å². The minimum atomic E-state index is 0.414. The highest BCUT2D eigenvalue weighted by molar-refractivity contribution is 7.10. The minimum absolute atomic E-state index is 0.414. The minimum Gasteiger partial charge on any atom is -0.507 e. The molecule has 0 fully saturated rings. The van der Waals surface area contributed by atoms with E-state index in [4.69, 9.17) is 0 Å². The van der Waals surface area contributed by atoms with Crippen LogP contribution in [-0.4, -0.2) is 5.11 Å². The lowest BCUT2D eigenvalue weighted by molar-refractivity contribution is 0.465. The fourth-order valence-corrected chi connectivity index (χ4v) is 3.35. The summed E-state index contributed by atoms with van der Waals surface area (Å²) in [5.74, 6) is 0.414. The van der Waals surface area contributed by atoms with E-state index in [1.807, 2.05) is 25.2 Å². The van der Waals surface area contributed by atoms with Gasteiger partial charge in [0.2, 0.25) is 0 Å². The van der Waals surface area contributed by atoms with Crippen molar-refractivity contribution in [2.24, 2.45) is 0 Å². The van der Waals surface area contributed by atoms with Crippen LogP contribution in [0.2, 0.25) is 0 Å². The molecule has 2 nitrogen and oxygen atoms in total. The summed E-state index contributed by atoms with van der Waals surface area (Å²) in [6.07, 6.45) is 2.32. The molecule has 0 aliphatic carbocycles. The third kappa shape index (κ3) is 3.62. The van der Waals surface area contributed by atoms with Crippen molar-refractivity contribution in [1.82, 2.24) is 5.32 Å². The van der Waals surface area contributed by atoms with E-state index in [0.717, 1.165) is 24.1 Å². The number of benzene rings is 1. The molecule has 0 radical (unpaired) electrons. The van der Waals surface area contributed by atoms with Crippen LogP contribution in [0.15, 0.2) is 29.6 Å². The van der Waals surface area contributed by atoms with Crippen LogP contribution in [0.4, 0.5) is 0 Å². The quantitative estimate of drug-likeness (QED) is 0.807. The first-order chi connectivity index (χ1) is 9.61. The van der Waals surface area contributed by atoms with E-state index in [0.29, 0.717) is 11.8 Å². The molecule has 2 aromatic rings. The predicted octanol–water partition coefficient (Wildman–Crippen LogP) is 4.70. The first-order valence-electron chi connectivity index (χ1n) is 7.17. The second-order valence-corrected chi connectivity index (χ2v) is 6.30. The molecule has 0 spiro atoms. The van der Waals surface area contributed by atoms with Gasteiger partial charge in [-0.2, -0.15) is 0 Å². The van der Waals surface area contributed by atoms with Crippen molar-refractivity contribution in [3.05, 3.63) is 51.2 Å². The largest absolute Gasteiger partial charge is 0.507 e. The Morgan fingerprint density at radius 1 is 1.25 bits per heavy atom. The van der Waals surface area contributed by atoms with E-state index >= 15 is 0 Å². The number of phenolic OH excluding ortho intramolecular Hbond substituents is 1. The highest BCUT2D eigenvalue weighted by Crippen LogP contribution is 2.26. The molecule has 3 heteroatoms. The monoisotopic (exact) mass is 289 g/mol. The van der Waals surface area contributed by atoms with Gasteiger partial charge in [-0.05, 0) is 48.4 Å². The molecule has 0 bridgehead atoms. The molecule has 2 rings (SSSR count). The van der Waals surface area contributed by atoms with Gasteiger partial charge in [0.05, 0.1) is 0 Å². The van der Waals surface area contributed by atoms with Gasteiger partial charge in [-0.3, -0.25) is 0 Å². The van der Waals surface area contributed by atoms with Crippen LogP contribution in [-0.2, 0) is 6.54 Å². The normalized spacial score (nSPS) is 12.6. The highest BCUT2D eigenvalue weighted by atomic mass is 32.1. The highest BCUT2D eigenvalue weighted by Gasteiger charge is 2.11. The summed E-state index contributed by atoms with van der Waals surface area (Å²) in [6.45, 7) is 6.96. The van der Waals surface area contributed by atoms with Crippen molar-refractivity contribution in [2.75, 3.05) is 0 Å². The standard InChI is InChI=1S/C17H23NOS/c1-4-6-15(16-7-5-8-20-16)18-11-14-9-12(2)17(19)13(3)10-14/h5,7-10,15,18-19H,4,6,11H2,1-3H3. The number of aryl methyl sites for hydroxylation is 2. The Morgan fingerprint density at radius 3 is 2.50 bits per heavy atom. The Hall–Kier alpha value is -1.32. The van der Waals surface area contributed by atoms with E-state index in [-0.39, 0.29) is 0 Å². The molecule has 0 saturated heterocycles. The summed E-state index contributed by atoms with van der Waals surface area (Å²) in [4.78, 5) is 1.40. The van der Waals surface area contributed by atoms with Gasteiger partial charge in [-0.1, -0.05) is 31.5 Å². The van der Waals surface area contributed by atoms with Gasteiger partial charge < -0.3 is 10.4 Å². The number of aromatic hydroxyl groups is 1.